The Morgan fingerprint density at radius 1 is 1.28 bits per heavy atom. The summed E-state index contributed by atoms with van der Waals surface area (Å²) >= 11 is 3.32. The number of amides is 2. The van der Waals surface area contributed by atoms with E-state index in [-0.39, 0.29) is 18.2 Å². The van der Waals surface area contributed by atoms with Crippen LogP contribution in [0.5, 0.6) is 0 Å². The van der Waals surface area contributed by atoms with Crippen LogP contribution in [0.3, 0.4) is 0 Å². The van der Waals surface area contributed by atoms with Gasteiger partial charge in [0.25, 0.3) is 0 Å². The summed E-state index contributed by atoms with van der Waals surface area (Å²) in [4.78, 5) is 25.1. The van der Waals surface area contributed by atoms with E-state index in [4.69, 9.17) is 0 Å². The number of rotatable bonds is 5. The SMILES string of the molecule is CCN(CC)C(=O)CC(=O)Nc1cccc(Br)c1. The Morgan fingerprint density at radius 3 is 2.50 bits per heavy atom. The number of hydrogen-bond donors (Lipinski definition) is 1. The standard InChI is InChI=1S/C13H17BrN2O2/c1-3-16(4-2)13(18)9-12(17)15-11-7-5-6-10(14)8-11/h5-8H,3-4,9H2,1-2H3,(H,15,17). The topological polar surface area (TPSA) is 49.4 Å². The molecule has 0 aliphatic carbocycles. The van der Waals surface area contributed by atoms with Crippen molar-refractivity contribution in [3.63, 3.8) is 0 Å². The fourth-order valence-corrected chi connectivity index (χ4v) is 2.00. The lowest BCUT2D eigenvalue weighted by atomic mass is 10.3. The Labute approximate surface area is 115 Å². The Kier molecular flexibility index (Phi) is 5.85. The van der Waals surface area contributed by atoms with Crippen LogP contribution in [-0.2, 0) is 9.59 Å². The summed E-state index contributed by atoms with van der Waals surface area (Å²) in [5, 5.41) is 2.70. The Balaban J connectivity index is 2.54. The van der Waals surface area contributed by atoms with Crippen LogP contribution >= 0.6 is 15.9 Å². The fourth-order valence-electron chi connectivity index (χ4n) is 1.60. The minimum Gasteiger partial charge on any atom is -0.343 e. The second-order valence-corrected chi connectivity index (χ2v) is 4.72. The van der Waals surface area contributed by atoms with E-state index in [1.165, 1.54) is 0 Å². The molecule has 0 unspecified atom stereocenters. The maximum Gasteiger partial charge on any atom is 0.233 e. The molecule has 0 aliphatic rings. The van der Waals surface area contributed by atoms with Crippen molar-refractivity contribution >= 4 is 33.4 Å². The molecule has 0 saturated carbocycles. The third kappa shape index (κ3) is 4.49. The summed E-state index contributed by atoms with van der Waals surface area (Å²) in [5.41, 5.74) is 0.682. The van der Waals surface area contributed by atoms with E-state index in [1.54, 1.807) is 17.0 Å². The largest absolute Gasteiger partial charge is 0.343 e. The summed E-state index contributed by atoms with van der Waals surface area (Å²) in [6.45, 7) is 5.04. The number of nitrogens with one attached hydrogen (secondary N) is 1. The van der Waals surface area contributed by atoms with Gasteiger partial charge in [0.1, 0.15) is 6.42 Å². The van der Waals surface area contributed by atoms with Gasteiger partial charge in [-0.2, -0.15) is 0 Å². The number of halogens is 1. The van der Waals surface area contributed by atoms with Crippen molar-refractivity contribution in [2.24, 2.45) is 0 Å². The van der Waals surface area contributed by atoms with E-state index in [9.17, 15) is 9.59 Å². The van der Waals surface area contributed by atoms with Crippen molar-refractivity contribution in [2.45, 2.75) is 20.3 Å². The molecule has 98 valence electrons. The van der Waals surface area contributed by atoms with Gasteiger partial charge in [0, 0.05) is 23.2 Å². The molecular formula is C13H17BrN2O2. The van der Waals surface area contributed by atoms with Crippen molar-refractivity contribution in [3.8, 4) is 0 Å². The zero-order valence-corrected chi connectivity index (χ0v) is 12.2. The van der Waals surface area contributed by atoms with Gasteiger partial charge in [0.15, 0.2) is 0 Å². The first-order valence-corrected chi connectivity index (χ1v) is 6.69. The second-order valence-electron chi connectivity index (χ2n) is 3.80. The Bertz CT molecular complexity index is 431. The molecule has 1 aromatic carbocycles. The van der Waals surface area contributed by atoms with Gasteiger partial charge in [0.2, 0.25) is 11.8 Å². The minimum atomic E-state index is -0.287. The first kappa shape index (κ1) is 14.7. The molecule has 0 spiro atoms. The number of benzene rings is 1. The Morgan fingerprint density at radius 2 is 1.94 bits per heavy atom. The lowest BCUT2D eigenvalue weighted by molar-refractivity contribution is -0.134. The predicted octanol–water partition coefficient (Wildman–Crippen LogP) is 2.65. The quantitative estimate of drug-likeness (QED) is 0.850. The molecule has 0 radical (unpaired) electrons. The van der Waals surface area contributed by atoms with Gasteiger partial charge in [-0.25, -0.2) is 0 Å². The summed E-state index contributed by atoms with van der Waals surface area (Å²) in [6, 6.07) is 7.27. The highest BCUT2D eigenvalue weighted by Crippen LogP contribution is 2.15. The van der Waals surface area contributed by atoms with Crippen LogP contribution in [0.2, 0.25) is 0 Å². The lowest BCUT2D eigenvalue weighted by Gasteiger charge is -2.18. The van der Waals surface area contributed by atoms with Crippen molar-refractivity contribution in [1.29, 1.82) is 0 Å². The molecule has 0 bridgehead atoms. The van der Waals surface area contributed by atoms with E-state index < -0.39 is 0 Å². The van der Waals surface area contributed by atoms with Gasteiger partial charge in [-0.1, -0.05) is 22.0 Å². The highest BCUT2D eigenvalue weighted by Gasteiger charge is 2.14. The van der Waals surface area contributed by atoms with Crippen molar-refractivity contribution < 1.29 is 9.59 Å². The highest BCUT2D eigenvalue weighted by atomic mass is 79.9. The number of carbonyl (C=O) groups is 2. The van der Waals surface area contributed by atoms with Gasteiger partial charge in [-0.3, -0.25) is 9.59 Å². The summed E-state index contributed by atoms with van der Waals surface area (Å²) in [7, 11) is 0. The van der Waals surface area contributed by atoms with E-state index in [2.05, 4.69) is 21.2 Å². The van der Waals surface area contributed by atoms with E-state index in [1.807, 2.05) is 26.0 Å². The zero-order chi connectivity index (χ0) is 13.5. The molecule has 1 rings (SSSR count). The monoisotopic (exact) mass is 312 g/mol. The molecule has 4 nitrogen and oxygen atoms in total. The lowest BCUT2D eigenvalue weighted by Crippen LogP contribution is -2.33. The summed E-state index contributed by atoms with van der Waals surface area (Å²) < 4.78 is 0.885. The second kappa shape index (κ2) is 7.16. The number of hydrogen-bond acceptors (Lipinski definition) is 2. The third-order valence-corrected chi connectivity index (χ3v) is 3.03. The smallest absolute Gasteiger partial charge is 0.233 e. The molecule has 0 saturated heterocycles. The first-order valence-electron chi connectivity index (χ1n) is 5.90. The minimum absolute atomic E-state index is 0.117. The molecule has 0 aliphatic heterocycles. The maximum atomic E-state index is 11.7. The van der Waals surface area contributed by atoms with Crippen LogP contribution in [0, 0.1) is 0 Å². The normalized spacial score (nSPS) is 9.94. The molecule has 0 aromatic heterocycles. The van der Waals surface area contributed by atoms with Crippen molar-refractivity contribution in [1.82, 2.24) is 4.90 Å². The molecular weight excluding hydrogens is 296 g/mol. The van der Waals surface area contributed by atoms with Crippen LogP contribution in [0.15, 0.2) is 28.7 Å². The van der Waals surface area contributed by atoms with Gasteiger partial charge in [-0.15, -0.1) is 0 Å². The predicted molar refractivity (Wildman–Crippen MR) is 75.3 cm³/mol. The summed E-state index contributed by atoms with van der Waals surface area (Å²) in [6.07, 6.45) is -0.117. The molecule has 5 heteroatoms. The number of nitrogens with zero attached hydrogens (tertiary/aromatic N) is 1. The molecule has 18 heavy (non-hydrogen) atoms. The van der Waals surface area contributed by atoms with Crippen LogP contribution in [-0.4, -0.2) is 29.8 Å². The summed E-state index contributed by atoms with van der Waals surface area (Å²) in [5.74, 6) is -0.433. The highest BCUT2D eigenvalue weighted by molar-refractivity contribution is 9.10. The molecule has 1 N–H and O–H groups in total. The average Bonchev–Trinajstić information content (AvgIpc) is 2.30. The van der Waals surface area contributed by atoms with E-state index in [0.717, 1.165) is 4.47 Å². The molecule has 1 aromatic rings. The number of anilines is 1. The number of carbonyl (C=O) groups excluding carboxylic acids is 2. The van der Waals surface area contributed by atoms with Crippen LogP contribution in [0.25, 0.3) is 0 Å². The van der Waals surface area contributed by atoms with Crippen LogP contribution in [0.4, 0.5) is 5.69 Å². The van der Waals surface area contributed by atoms with Gasteiger partial charge < -0.3 is 10.2 Å². The van der Waals surface area contributed by atoms with Gasteiger partial charge >= 0.3 is 0 Å². The van der Waals surface area contributed by atoms with Crippen LogP contribution in [0.1, 0.15) is 20.3 Å². The zero-order valence-electron chi connectivity index (χ0n) is 10.6. The average molecular weight is 313 g/mol. The Hall–Kier alpha value is -1.36. The molecule has 0 atom stereocenters. The van der Waals surface area contributed by atoms with Gasteiger partial charge in [-0.05, 0) is 32.0 Å². The van der Waals surface area contributed by atoms with E-state index >= 15 is 0 Å². The maximum absolute atomic E-state index is 11.7. The molecule has 2 amide bonds. The molecule has 0 heterocycles. The third-order valence-electron chi connectivity index (χ3n) is 2.54. The van der Waals surface area contributed by atoms with Gasteiger partial charge in [0.05, 0.1) is 0 Å². The van der Waals surface area contributed by atoms with Crippen molar-refractivity contribution in [2.75, 3.05) is 18.4 Å². The first-order chi connectivity index (χ1) is 8.56. The fraction of sp³-hybridized carbons (Fsp3) is 0.385. The van der Waals surface area contributed by atoms with E-state index in [0.29, 0.717) is 18.8 Å². The van der Waals surface area contributed by atoms with Crippen molar-refractivity contribution in [3.05, 3.63) is 28.7 Å². The molecule has 0 fully saturated rings. The van der Waals surface area contributed by atoms with Crippen LogP contribution < -0.4 is 5.32 Å².